The van der Waals surface area contributed by atoms with Gasteiger partial charge in [-0.15, -0.1) is 0 Å². The Morgan fingerprint density at radius 1 is 1.47 bits per heavy atom. The van der Waals surface area contributed by atoms with E-state index in [0.29, 0.717) is 10.9 Å². The Labute approximate surface area is 95.3 Å². The van der Waals surface area contributed by atoms with E-state index in [2.05, 4.69) is 10.4 Å². The summed E-state index contributed by atoms with van der Waals surface area (Å²) in [6.45, 7) is 5.96. The molecule has 0 fully saturated rings. The molecule has 0 saturated heterocycles. The van der Waals surface area contributed by atoms with Gasteiger partial charge in [0.2, 0.25) is 0 Å². The first-order chi connectivity index (χ1) is 7.04. The molecule has 4 heteroatoms. The van der Waals surface area contributed by atoms with Crippen molar-refractivity contribution in [3.63, 3.8) is 0 Å². The number of nitrogens with one attached hydrogen (secondary N) is 1. The highest BCUT2D eigenvalue weighted by molar-refractivity contribution is 6.34. The monoisotopic (exact) mass is 225 g/mol. The molecule has 0 aliphatic rings. The van der Waals surface area contributed by atoms with Gasteiger partial charge in [-0.2, -0.15) is 0 Å². The van der Waals surface area contributed by atoms with E-state index < -0.39 is 0 Å². The second-order valence-electron chi connectivity index (χ2n) is 3.70. The van der Waals surface area contributed by atoms with Crippen molar-refractivity contribution < 1.29 is 0 Å². The molecular formula is C11H16ClN3. The van der Waals surface area contributed by atoms with Gasteiger partial charge in [-0.3, -0.25) is 4.99 Å². The molecule has 3 nitrogen and oxygen atoms in total. The van der Waals surface area contributed by atoms with E-state index >= 15 is 0 Å². The summed E-state index contributed by atoms with van der Waals surface area (Å²) < 4.78 is 0. The lowest BCUT2D eigenvalue weighted by Gasteiger charge is -2.10. The van der Waals surface area contributed by atoms with Crippen LogP contribution in [0.15, 0.2) is 23.2 Å². The zero-order valence-corrected chi connectivity index (χ0v) is 9.97. The van der Waals surface area contributed by atoms with E-state index in [4.69, 9.17) is 17.4 Å². The van der Waals surface area contributed by atoms with Crippen LogP contribution in [0.3, 0.4) is 0 Å². The number of benzene rings is 1. The van der Waals surface area contributed by atoms with Crippen LogP contribution in [0.4, 0.5) is 0 Å². The Hall–Kier alpha value is -1.06. The van der Waals surface area contributed by atoms with E-state index in [9.17, 15) is 0 Å². The summed E-state index contributed by atoms with van der Waals surface area (Å²) >= 11 is 6.11. The van der Waals surface area contributed by atoms with Gasteiger partial charge in [0, 0.05) is 11.6 Å². The quantitative estimate of drug-likeness (QED) is 0.351. The van der Waals surface area contributed by atoms with E-state index in [1.54, 1.807) is 0 Å². The summed E-state index contributed by atoms with van der Waals surface area (Å²) in [6.07, 6.45) is 0. The minimum atomic E-state index is 0.174. The van der Waals surface area contributed by atoms with Crippen LogP contribution in [-0.2, 0) is 0 Å². The third-order valence-electron chi connectivity index (χ3n) is 1.90. The van der Waals surface area contributed by atoms with E-state index in [1.165, 1.54) is 0 Å². The summed E-state index contributed by atoms with van der Waals surface area (Å²) in [5.74, 6) is 6.04. The second kappa shape index (κ2) is 5.14. The van der Waals surface area contributed by atoms with Gasteiger partial charge in [0.25, 0.3) is 0 Å². The molecule has 3 N–H and O–H groups in total. The predicted octanol–water partition coefficient (Wildman–Crippen LogP) is 2.27. The number of nitrogens with zero attached hydrogens (tertiary/aromatic N) is 1. The van der Waals surface area contributed by atoms with Crippen molar-refractivity contribution in [1.29, 1.82) is 0 Å². The fraction of sp³-hybridized carbons (Fsp3) is 0.364. The number of aryl methyl sites for hydroxylation is 1. The van der Waals surface area contributed by atoms with Gasteiger partial charge in [0.05, 0.1) is 5.02 Å². The van der Waals surface area contributed by atoms with Crippen molar-refractivity contribution in [3.8, 4) is 0 Å². The highest BCUT2D eigenvalue weighted by Crippen LogP contribution is 2.17. The van der Waals surface area contributed by atoms with E-state index in [1.807, 2.05) is 39.0 Å². The lowest BCUT2D eigenvalue weighted by Crippen LogP contribution is -2.32. The average Bonchev–Trinajstić information content (AvgIpc) is 2.14. The molecule has 0 spiro atoms. The first kappa shape index (κ1) is 12.0. The number of hydrogen-bond acceptors (Lipinski definition) is 2. The Balaban J connectivity index is 3.13. The Morgan fingerprint density at radius 2 is 2.13 bits per heavy atom. The van der Waals surface area contributed by atoms with Crippen molar-refractivity contribution in [2.45, 2.75) is 26.8 Å². The standard InChI is InChI=1S/C11H16ClN3/c1-7(2)14-11(15-13)9-5-4-8(3)6-10(9)12/h4-7H,13H2,1-3H3,(H,14,15). The molecule has 0 aliphatic carbocycles. The largest absolute Gasteiger partial charge is 0.308 e. The van der Waals surface area contributed by atoms with Crippen LogP contribution in [-0.4, -0.2) is 11.9 Å². The molecule has 0 atom stereocenters. The van der Waals surface area contributed by atoms with E-state index in [0.717, 1.165) is 11.1 Å². The van der Waals surface area contributed by atoms with Crippen molar-refractivity contribution in [2.75, 3.05) is 0 Å². The number of hydrazine groups is 1. The molecule has 15 heavy (non-hydrogen) atoms. The normalized spacial score (nSPS) is 12.0. The van der Waals surface area contributed by atoms with Crippen LogP contribution >= 0.6 is 11.6 Å². The van der Waals surface area contributed by atoms with Crippen molar-refractivity contribution in [1.82, 2.24) is 5.43 Å². The van der Waals surface area contributed by atoms with Crippen LogP contribution in [0.25, 0.3) is 0 Å². The van der Waals surface area contributed by atoms with Crippen LogP contribution in [0.5, 0.6) is 0 Å². The number of amidine groups is 1. The number of hydrogen-bond donors (Lipinski definition) is 2. The van der Waals surface area contributed by atoms with Gasteiger partial charge < -0.3 is 5.43 Å². The predicted molar refractivity (Wildman–Crippen MR) is 65.2 cm³/mol. The minimum Gasteiger partial charge on any atom is -0.308 e. The van der Waals surface area contributed by atoms with Crippen LogP contribution in [0, 0.1) is 6.92 Å². The molecule has 1 aromatic rings. The summed E-state index contributed by atoms with van der Waals surface area (Å²) in [5.41, 5.74) is 4.52. The van der Waals surface area contributed by atoms with Crippen LogP contribution < -0.4 is 11.3 Å². The lowest BCUT2D eigenvalue weighted by molar-refractivity contribution is 0.820. The maximum Gasteiger partial charge on any atom is 0.144 e. The molecule has 1 rings (SSSR count). The van der Waals surface area contributed by atoms with E-state index in [-0.39, 0.29) is 6.04 Å². The summed E-state index contributed by atoms with van der Waals surface area (Å²) in [6, 6.07) is 5.96. The summed E-state index contributed by atoms with van der Waals surface area (Å²) in [7, 11) is 0. The summed E-state index contributed by atoms with van der Waals surface area (Å²) in [5, 5.41) is 0.660. The molecular weight excluding hydrogens is 210 g/mol. The topological polar surface area (TPSA) is 50.4 Å². The van der Waals surface area contributed by atoms with Crippen molar-refractivity contribution in [2.24, 2.45) is 10.8 Å². The highest BCUT2D eigenvalue weighted by atomic mass is 35.5. The van der Waals surface area contributed by atoms with Gasteiger partial charge in [-0.25, -0.2) is 5.84 Å². The van der Waals surface area contributed by atoms with Crippen LogP contribution in [0.1, 0.15) is 25.0 Å². The van der Waals surface area contributed by atoms with Crippen molar-refractivity contribution in [3.05, 3.63) is 34.3 Å². The molecule has 0 unspecified atom stereocenters. The van der Waals surface area contributed by atoms with Gasteiger partial charge >= 0.3 is 0 Å². The molecule has 0 heterocycles. The number of aliphatic imine (C=N–C) groups is 1. The fourth-order valence-corrected chi connectivity index (χ4v) is 1.58. The molecule has 0 amide bonds. The first-order valence-corrected chi connectivity index (χ1v) is 5.23. The average molecular weight is 226 g/mol. The number of rotatable bonds is 2. The summed E-state index contributed by atoms with van der Waals surface area (Å²) in [4.78, 5) is 4.35. The zero-order valence-electron chi connectivity index (χ0n) is 9.21. The fourth-order valence-electron chi connectivity index (χ4n) is 1.25. The Kier molecular flexibility index (Phi) is 4.12. The molecule has 1 aromatic carbocycles. The van der Waals surface area contributed by atoms with Crippen molar-refractivity contribution >= 4 is 17.4 Å². The minimum absolute atomic E-state index is 0.174. The second-order valence-corrected chi connectivity index (χ2v) is 4.11. The Morgan fingerprint density at radius 3 is 2.60 bits per heavy atom. The number of nitrogens with two attached hydrogens (primary N) is 1. The maximum atomic E-state index is 6.11. The first-order valence-electron chi connectivity index (χ1n) is 4.85. The maximum absolute atomic E-state index is 6.11. The van der Waals surface area contributed by atoms with Gasteiger partial charge in [0.1, 0.15) is 5.84 Å². The molecule has 0 aromatic heterocycles. The SMILES string of the molecule is Cc1ccc(C(=NC(C)C)NN)c(Cl)c1. The van der Waals surface area contributed by atoms with Gasteiger partial charge in [-0.05, 0) is 38.5 Å². The third-order valence-corrected chi connectivity index (χ3v) is 2.22. The molecule has 82 valence electrons. The molecule has 0 saturated carbocycles. The molecule has 0 bridgehead atoms. The van der Waals surface area contributed by atoms with Gasteiger partial charge in [0.15, 0.2) is 0 Å². The Bertz CT molecular complexity index is 372. The van der Waals surface area contributed by atoms with Crippen LogP contribution in [0.2, 0.25) is 5.02 Å². The smallest absolute Gasteiger partial charge is 0.144 e. The van der Waals surface area contributed by atoms with Gasteiger partial charge in [-0.1, -0.05) is 17.7 Å². The number of halogens is 1. The highest BCUT2D eigenvalue weighted by Gasteiger charge is 2.07. The molecule has 0 radical (unpaired) electrons. The third kappa shape index (κ3) is 3.22. The zero-order chi connectivity index (χ0) is 11.4. The molecule has 0 aliphatic heterocycles. The lowest BCUT2D eigenvalue weighted by atomic mass is 10.1.